The first-order chi connectivity index (χ1) is 9.60. The van der Waals surface area contributed by atoms with Gasteiger partial charge in [-0.05, 0) is 50.6 Å². The van der Waals surface area contributed by atoms with E-state index in [1.54, 1.807) is 14.0 Å². The minimum absolute atomic E-state index is 0.209. The molecule has 0 saturated carbocycles. The monoisotopic (exact) mass is 277 g/mol. The molecule has 1 aromatic rings. The van der Waals surface area contributed by atoms with Crippen molar-refractivity contribution in [1.82, 2.24) is 4.90 Å². The third-order valence-electron chi connectivity index (χ3n) is 4.07. The van der Waals surface area contributed by atoms with Crippen LogP contribution < -0.4 is 4.74 Å². The molecule has 1 saturated heterocycles. The van der Waals surface area contributed by atoms with Crippen molar-refractivity contribution in [2.24, 2.45) is 5.92 Å². The number of likely N-dealkylation sites (tertiary alicyclic amines) is 1. The number of ketones is 1. The highest BCUT2D eigenvalue weighted by molar-refractivity contribution is 5.78. The summed E-state index contributed by atoms with van der Waals surface area (Å²) in [5.74, 6) is 1.26. The highest BCUT2D eigenvalue weighted by atomic mass is 16.5. The molecule has 2 rings (SSSR count). The Bertz CT molecular complexity index is 453. The summed E-state index contributed by atoms with van der Waals surface area (Å²) in [6.45, 7) is 4.04. The van der Waals surface area contributed by atoms with E-state index >= 15 is 0 Å². The van der Waals surface area contributed by atoms with Crippen molar-refractivity contribution in [2.45, 2.75) is 25.9 Å². The summed E-state index contributed by atoms with van der Waals surface area (Å²) in [5, 5.41) is 10.3. The van der Waals surface area contributed by atoms with Crippen molar-refractivity contribution >= 4 is 5.78 Å². The van der Waals surface area contributed by atoms with E-state index in [9.17, 15) is 9.90 Å². The number of hydrogen-bond donors (Lipinski definition) is 1. The lowest BCUT2D eigenvalue weighted by molar-refractivity contribution is -0.122. The van der Waals surface area contributed by atoms with Gasteiger partial charge in [-0.1, -0.05) is 12.1 Å². The number of aliphatic hydroxyl groups excluding tert-OH is 1. The number of hydrogen-bond acceptors (Lipinski definition) is 4. The lowest BCUT2D eigenvalue weighted by atomic mass is 9.93. The number of carbonyl (C=O) groups excluding carboxylic acids is 1. The molecule has 20 heavy (non-hydrogen) atoms. The average Bonchev–Trinajstić information content (AvgIpc) is 2.47. The van der Waals surface area contributed by atoms with Crippen LogP contribution in [0.5, 0.6) is 5.75 Å². The van der Waals surface area contributed by atoms with Crippen molar-refractivity contribution in [3.63, 3.8) is 0 Å². The maximum Gasteiger partial charge on any atom is 0.133 e. The van der Waals surface area contributed by atoms with Crippen molar-refractivity contribution in [3.05, 3.63) is 29.8 Å². The Kier molecular flexibility index (Phi) is 5.15. The summed E-state index contributed by atoms with van der Waals surface area (Å²) in [7, 11) is 1.62. The zero-order valence-corrected chi connectivity index (χ0v) is 12.2. The fraction of sp³-hybridized carbons (Fsp3) is 0.562. The first-order valence-electron chi connectivity index (χ1n) is 7.15. The number of rotatable bonds is 5. The number of piperidine rings is 1. The summed E-state index contributed by atoms with van der Waals surface area (Å²) in [4.78, 5) is 13.6. The second-order valence-electron chi connectivity index (χ2n) is 5.48. The van der Waals surface area contributed by atoms with E-state index in [2.05, 4.69) is 4.90 Å². The molecule has 1 aliphatic rings. The molecular formula is C16H23NO3. The molecule has 1 unspecified atom stereocenters. The van der Waals surface area contributed by atoms with Crippen LogP contribution in [0.3, 0.4) is 0 Å². The molecule has 1 atom stereocenters. The Morgan fingerprint density at radius 1 is 1.45 bits per heavy atom. The van der Waals surface area contributed by atoms with Gasteiger partial charge in [0.2, 0.25) is 0 Å². The minimum Gasteiger partial charge on any atom is -0.497 e. The molecule has 4 nitrogen and oxygen atoms in total. The second-order valence-corrected chi connectivity index (χ2v) is 5.48. The highest BCUT2D eigenvalue weighted by Gasteiger charge is 2.23. The lowest BCUT2D eigenvalue weighted by Gasteiger charge is -2.32. The molecule has 0 bridgehead atoms. The second kappa shape index (κ2) is 6.86. The molecule has 110 valence electrons. The number of ether oxygens (including phenoxy) is 1. The van der Waals surface area contributed by atoms with Crippen LogP contribution in [-0.4, -0.2) is 42.5 Å². The molecule has 1 fully saturated rings. The molecule has 1 aliphatic heterocycles. The molecule has 4 heteroatoms. The van der Waals surface area contributed by atoms with Crippen molar-refractivity contribution in [1.29, 1.82) is 0 Å². The first-order valence-corrected chi connectivity index (χ1v) is 7.15. The fourth-order valence-corrected chi connectivity index (χ4v) is 2.72. The van der Waals surface area contributed by atoms with Crippen LogP contribution >= 0.6 is 0 Å². The first kappa shape index (κ1) is 15.0. The van der Waals surface area contributed by atoms with Crippen molar-refractivity contribution < 1.29 is 14.6 Å². The summed E-state index contributed by atoms with van der Waals surface area (Å²) in [6.07, 6.45) is 1.29. The third-order valence-corrected chi connectivity index (χ3v) is 4.07. The number of methoxy groups -OCH3 is 1. The van der Waals surface area contributed by atoms with E-state index in [-0.39, 0.29) is 11.7 Å². The zero-order chi connectivity index (χ0) is 14.5. The number of β-amino-alcohol motifs (C(OH)–C–C–N with tert-alkyl or cyclic N) is 1. The van der Waals surface area contributed by atoms with Crippen LogP contribution in [0.1, 0.15) is 31.4 Å². The van der Waals surface area contributed by atoms with E-state index in [4.69, 9.17) is 4.74 Å². The molecule has 1 heterocycles. The van der Waals surface area contributed by atoms with E-state index in [1.165, 1.54) is 0 Å². The Labute approximate surface area is 120 Å². The Morgan fingerprint density at radius 3 is 2.75 bits per heavy atom. The van der Waals surface area contributed by atoms with Gasteiger partial charge in [-0.25, -0.2) is 0 Å². The van der Waals surface area contributed by atoms with Crippen LogP contribution in [0.15, 0.2) is 24.3 Å². The molecular weight excluding hydrogens is 254 g/mol. The quantitative estimate of drug-likeness (QED) is 0.894. The van der Waals surface area contributed by atoms with Crippen molar-refractivity contribution in [3.8, 4) is 5.75 Å². The van der Waals surface area contributed by atoms with Gasteiger partial charge >= 0.3 is 0 Å². The van der Waals surface area contributed by atoms with Crippen LogP contribution in [-0.2, 0) is 4.79 Å². The summed E-state index contributed by atoms with van der Waals surface area (Å²) in [6, 6.07) is 7.54. The fourth-order valence-electron chi connectivity index (χ4n) is 2.72. The van der Waals surface area contributed by atoms with E-state index < -0.39 is 6.10 Å². The van der Waals surface area contributed by atoms with Gasteiger partial charge < -0.3 is 14.7 Å². The van der Waals surface area contributed by atoms with Crippen LogP contribution in [0.2, 0.25) is 0 Å². The minimum atomic E-state index is -0.515. The van der Waals surface area contributed by atoms with Gasteiger partial charge in [-0.3, -0.25) is 4.79 Å². The molecule has 1 N–H and O–H groups in total. The standard InChI is InChI=1S/C16H23NO3/c1-12(18)13-6-8-17(9-7-13)11-16(19)14-4-3-5-15(10-14)20-2/h3-5,10,13,16,19H,6-9,11H2,1-2H3. The molecule has 0 spiro atoms. The predicted molar refractivity (Wildman–Crippen MR) is 77.8 cm³/mol. The van der Waals surface area contributed by atoms with Crippen molar-refractivity contribution in [2.75, 3.05) is 26.7 Å². The number of Topliss-reactive ketones (excluding diaryl/α,β-unsaturated/α-hetero) is 1. The van der Waals surface area contributed by atoms with E-state index in [1.807, 2.05) is 24.3 Å². The van der Waals surface area contributed by atoms with E-state index in [0.717, 1.165) is 37.2 Å². The van der Waals surface area contributed by atoms with Gasteiger partial charge in [-0.15, -0.1) is 0 Å². The van der Waals surface area contributed by atoms with Crippen LogP contribution in [0.4, 0.5) is 0 Å². The Balaban J connectivity index is 1.88. The molecule has 0 amide bonds. The topological polar surface area (TPSA) is 49.8 Å². The molecule has 0 aliphatic carbocycles. The Hall–Kier alpha value is -1.39. The summed E-state index contributed by atoms with van der Waals surface area (Å²) in [5.41, 5.74) is 0.873. The molecule has 0 aromatic heterocycles. The van der Waals surface area contributed by atoms with Gasteiger partial charge in [-0.2, -0.15) is 0 Å². The highest BCUT2D eigenvalue weighted by Crippen LogP contribution is 2.23. The van der Waals surface area contributed by atoms with Gasteiger partial charge in [0, 0.05) is 12.5 Å². The zero-order valence-electron chi connectivity index (χ0n) is 12.2. The maximum absolute atomic E-state index is 11.3. The summed E-state index contributed by atoms with van der Waals surface area (Å²) < 4.78 is 5.17. The lowest BCUT2D eigenvalue weighted by Crippen LogP contribution is -2.38. The maximum atomic E-state index is 11.3. The average molecular weight is 277 g/mol. The largest absolute Gasteiger partial charge is 0.497 e. The van der Waals surface area contributed by atoms with Gasteiger partial charge in [0.25, 0.3) is 0 Å². The number of nitrogens with zero attached hydrogens (tertiary/aromatic N) is 1. The Morgan fingerprint density at radius 2 is 2.15 bits per heavy atom. The van der Waals surface area contributed by atoms with Gasteiger partial charge in [0.1, 0.15) is 11.5 Å². The number of carbonyl (C=O) groups is 1. The third kappa shape index (κ3) is 3.81. The number of aliphatic hydroxyl groups is 1. The van der Waals surface area contributed by atoms with Gasteiger partial charge in [0.15, 0.2) is 0 Å². The van der Waals surface area contributed by atoms with Gasteiger partial charge in [0.05, 0.1) is 13.2 Å². The molecule has 0 radical (unpaired) electrons. The predicted octanol–water partition coefficient (Wildman–Crippen LogP) is 2.03. The van der Waals surface area contributed by atoms with Crippen LogP contribution in [0.25, 0.3) is 0 Å². The summed E-state index contributed by atoms with van der Waals surface area (Å²) >= 11 is 0. The van der Waals surface area contributed by atoms with Crippen LogP contribution in [0, 0.1) is 5.92 Å². The molecule has 1 aromatic carbocycles. The number of benzene rings is 1. The normalized spacial score (nSPS) is 18.8. The smallest absolute Gasteiger partial charge is 0.133 e. The van der Waals surface area contributed by atoms with E-state index in [0.29, 0.717) is 6.54 Å². The SMILES string of the molecule is COc1cccc(C(O)CN2CCC(C(C)=O)CC2)c1.